The van der Waals surface area contributed by atoms with E-state index in [1.165, 1.54) is 36.4 Å². The zero-order valence-corrected chi connectivity index (χ0v) is 13.0. The molecule has 0 unspecified atom stereocenters. The number of nitrogens with zero attached hydrogens (tertiary/aromatic N) is 3. The van der Waals surface area contributed by atoms with Crippen LogP contribution in [0.3, 0.4) is 0 Å². The number of aromatic nitrogens is 2. The van der Waals surface area contributed by atoms with Gasteiger partial charge in [0, 0.05) is 25.5 Å². The van der Waals surface area contributed by atoms with Crippen LogP contribution in [0.15, 0.2) is 42.7 Å². The number of alkyl halides is 5. The zero-order valence-electron chi connectivity index (χ0n) is 13.0. The molecule has 4 nitrogen and oxygen atoms in total. The number of rotatable bonds is 5. The van der Waals surface area contributed by atoms with Gasteiger partial charge in [0.2, 0.25) is 5.91 Å². The summed E-state index contributed by atoms with van der Waals surface area (Å²) in [5.41, 5.74) is -0.379. The molecular formula is C16H14F5N3O. The van der Waals surface area contributed by atoms with Crippen molar-refractivity contribution in [2.45, 2.75) is 19.3 Å². The molecule has 0 saturated carbocycles. The molecule has 0 saturated heterocycles. The molecule has 1 aromatic carbocycles. The van der Waals surface area contributed by atoms with Crippen LogP contribution >= 0.6 is 0 Å². The summed E-state index contributed by atoms with van der Waals surface area (Å²) in [5, 5.41) is 0. The van der Waals surface area contributed by atoms with Gasteiger partial charge < -0.3 is 4.90 Å². The Morgan fingerprint density at radius 3 is 2.48 bits per heavy atom. The molecule has 1 amide bonds. The summed E-state index contributed by atoms with van der Waals surface area (Å²) in [6.45, 7) is -2.89. The van der Waals surface area contributed by atoms with Gasteiger partial charge in [-0.3, -0.25) is 9.36 Å². The highest BCUT2D eigenvalue weighted by Crippen LogP contribution is 2.29. The van der Waals surface area contributed by atoms with E-state index < -0.39 is 24.2 Å². The lowest BCUT2D eigenvalue weighted by atomic mass is 10.1. The maximum absolute atomic E-state index is 12.7. The topological polar surface area (TPSA) is 38.1 Å². The second-order valence-electron chi connectivity index (χ2n) is 5.18. The minimum atomic E-state index is -4.43. The van der Waals surface area contributed by atoms with E-state index in [9.17, 15) is 26.7 Å². The smallest absolute Gasteiger partial charge is 0.335 e. The van der Waals surface area contributed by atoms with Crippen LogP contribution in [0.25, 0.3) is 6.08 Å². The quantitative estimate of drug-likeness (QED) is 0.599. The summed E-state index contributed by atoms with van der Waals surface area (Å²) in [7, 11) is 1.41. The van der Waals surface area contributed by atoms with Gasteiger partial charge in [-0.2, -0.15) is 22.0 Å². The number of hydrogen-bond acceptors (Lipinski definition) is 2. The number of likely N-dealkylation sites (N-methyl/N-ethyl adjacent to an activating group) is 1. The van der Waals surface area contributed by atoms with Crippen molar-refractivity contribution in [1.82, 2.24) is 14.5 Å². The average molecular weight is 359 g/mol. The Morgan fingerprint density at radius 2 is 1.92 bits per heavy atom. The second kappa shape index (κ2) is 7.45. The summed E-state index contributed by atoms with van der Waals surface area (Å²) in [6, 6.07) is 4.28. The van der Waals surface area contributed by atoms with Crippen molar-refractivity contribution in [2.75, 3.05) is 7.05 Å². The minimum Gasteiger partial charge on any atom is -0.335 e. The summed E-state index contributed by atoms with van der Waals surface area (Å²) in [6.07, 6.45) is 0.385. The molecule has 2 aromatic rings. The third-order valence-electron chi connectivity index (χ3n) is 3.37. The Bertz CT molecular complexity index is 750. The monoisotopic (exact) mass is 359 g/mol. The molecule has 2 rings (SSSR count). The fourth-order valence-electron chi connectivity index (χ4n) is 2.01. The van der Waals surface area contributed by atoms with Gasteiger partial charge in [0.15, 0.2) is 0 Å². The number of carbonyl (C=O) groups excluding carboxylic acids is 1. The van der Waals surface area contributed by atoms with Crippen LogP contribution in [-0.2, 0) is 17.5 Å². The molecule has 0 N–H and O–H groups in total. The Hall–Kier alpha value is -2.71. The van der Waals surface area contributed by atoms with Crippen LogP contribution in [-0.4, -0.2) is 27.4 Å². The maximum Gasteiger partial charge on any atom is 0.416 e. The molecule has 0 atom stereocenters. The third kappa shape index (κ3) is 4.88. The van der Waals surface area contributed by atoms with Gasteiger partial charge in [0.1, 0.15) is 5.82 Å². The van der Waals surface area contributed by atoms with Gasteiger partial charge in [-0.15, -0.1) is 0 Å². The van der Waals surface area contributed by atoms with Gasteiger partial charge >= 0.3 is 12.7 Å². The van der Waals surface area contributed by atoms with Crippen LogP contribution in [0.2, 0.25) is 0 Å². The van der Waals surface area contributed by atoms with Gasteiger partial charge in [0.25, 0.3) is 0 Å². The lowest BCUT2D eigenvalue weighted by Crippen LogP contribution is -2.26. The fraction of sp³-hybridized carbons (Fsp3) is 0.250. The van der Waals surface area contributed by atoms with Gasteiger partial charge in [-0.25, -0.2) is 4.98 Å². The van der Waals surface area contributed by atoms with E-state index in [0.29, 0.717) is 10.1 Å². The van der Waals surface area contributed by atoms with Crippen LogP contribution in [0.4, 0.5) is 22.0 Å². The SMILES string of the molecule is CN(Cc1nccn1C(F)F)C(=O)/C=C/c1ccc(C(F)(F)F)cc1. The first-order chi connectivity index (χ1) is 11.7. The number of imidazole rings is 1. The van der Waals surface area contributed by atoms with E-state index in [4.69, 9.17) is 0 Å². The van der Waals surface area contributed by atoms with Crippen LogP contribution < -0.4 is 0 Å². The highest BCUT2D eigenvalue weighted by atomic mass is 19.4. The van der Waals surface area contributed by atoms with Gasteiger partial charge in [-0.05, 0) is 23.8 Å². The van der Waals surface area contributed by atoms with Crippen LogP contribution in [0.1, 0.15) is 23.5 Å². The second-order valence-corrected chi connectivity index (χ2v) is 5.18. The van der Waals surface area contributed by atoms with Crippen molar-refractivity contribution >= 4 is 12.0 Å². The molecule has 0 aliphatic heterocycles. The predicted octanol–water partition coefficient (Wildman–Crippen LogP) is 3.97. The predicted molar refractivity (Wildman–Crippen MR) is 80.4 cm³/mol. The van der Waals surface area contributed by atoms with Crippen LogP contribution in [0.5, 0.6) is 0 Å². The largest absolute Gasteiger partial charge is 0.416 e. The summed E-state index contributed by atoms with van der Waals surface area (Å²) >= 11 is 0. The Balaban J connectivity index is 2.01. The van der Waals surface area contributed by atoms with Gasteiger partial charge in [-0.1, -0.05) is 12.1 Å². The average Bonchev–Trinajstić information content (AvgIpc) is 3.00. The first kappa shape index (κ1) is 18.6. The lowest BCUT2D eigenvalue weighted by molar-refractivity contribution is -0.137. The van der Waals surface area contributed by atoms with E-state index in [-0.39, 0.29) is 12.4 Å². The molecule has 0 aliphatic carbocycles. The van der Waals surface area contributed by atoms with E-state index in [1.807, 2.05) is 0 Å². The number of benzene rings is 1. The molecule has 25 heavy (non-hydrogen) atoms. The molecule has 9 heteroatoms. The summed E-state index contributed by atoms with van der Waals surface area (Å²) in [5.74, 6) is -0.475. The Labute approximate surface area is 140 Å². The lowest BCUT2D eigenvalue weighted by Gasteiger charge is -2.15. The van der Waals surface area contributed by atoms with Crippen molar-refractivity contribution in [3.05, 3.63) is 59.7 Å². The number of halogens is 5. The first-order valence-electron chi connectivity index (χ1n) is 7.09. The number of amides is 1. The third-order valence-corrected chi connectivity index (χ3v) is 3.37. The summed E-state index contributed by atoms with van der Waals surface area (Å²) < 4.78 is 63.5. The molecule has 1 aromatic heterocycles. The highest BCUT2D eigenvalue weighted by molar-refractivity contribution is 5.91. The number of carbonyl (C=O) groups is 1. The van der Waals surface area contributed by atoms with Gasteiger partial charge in [0.05, 0.1) is 12.1 Å². The van der Waals surface area contributed by atoms with E-state index in [2.05, 4.69) is 4.98 Å². The fourth-order valence-corrected chi connectivity index (χ4v) is 2.01. The Kier molecular flexibility index (Phi) is 5.55. The maximum atomic E-state index is 12.7. The summed E-state index contributed by atoms with van der Waals surface area (Å²) in [4.78, 5) is 16.9. The zero-order chi connectivity index (χ0) is 18.6. The molecule has 0 aliphatic rings. The van der Waals surface area contributed by atoms with Crippen molar-refractivity contribution in [3.63, 3.8) is 0 Å². The molecule has 0 bridgehead atoms. The van der Waals surface area contributed by atoms with E-state index >= 15 is 0 Å². The Morgan fingerprint density at radius 1 is 1.28 bits per heavy atom. The van der Waals surface area contributed by atoms with Crippen molar-refractivity contribution < 1.29 is 26.7 Å². The normalized spacial score (nSPS) is 12.1. The molecular weight excluding hydrogens is 345 g/mol. The highest BCUT2D eigenvalue weighted by Gasteiger charge is 2.29. The minimum absolute atomic E-state index is 0.0220. The van der Waals surface area contributed by atoms with Crippen molar-refractivity contribution in [2.24, 2.45) is 0 Å². The molecule has 0 radical (unpaired) electrons. The van der Waals surface area contributed by atoms with E-state index in [0.717, 1.165) is 24.4 Å². The van der Waals surface area contributed by atoms with Crippen molar-refractivity contribution in [1.29, 1.82) is 0 Å². The van der Waals surface area contributed by atoms with E-state index in [1.54, 1.807) is 0 Å². The standard InChI is InChI=1S/C16H14F5N3O/c1-23(10-13-22-8-9-24(13)15(17)18)14(25)7-4-11-2-5-12(6-3-11)16(19,20)21/h2-9,15H,10H2,1H3/b7-4+. The molecule has 134 valence electrons. The molecule has 1 heterocycles. The first-order valence-corrected chi connectivity index (χ1v) is 7.09. The van der Waals surface area contributed by atoms with Crippen LogP contribution in [0, 0.1) is 0 Å². The number of hydrogen-bond donors (Lipinski definition) is 0. The molecule has 0 fully saturated rings. The molecule has 0 spiro atoms. The van der Waals surface area contributed by atoms with Crippen molar-refractivity contribution in [3.8, 4) is 0 Å².